The van der Waals surface area contributed by atoms with E-state index in [2.05, 4.69) is 56.5 Å². The van der Waals surface area contributed by atoms with Gasteiger partial charge in [-0.1, -0.05) is 12.1 Å². The number of nitrogens with one attached hydrogen (secondary N) is 2. The predicted molar refractivity (Wildman–Crippen MR) is 97.4 cm³/mol. The van der Waals surface area contributed by atoms with Gasteiger partial charge in [-0.2, -0.15) is 0 Å². The molecule has 2 rings (SSSR count). The number of rotatable bonds is 6. The van der Waals surface area contributed by atoms with Gasteiger partial charge in [-0.15, -0.1) is 0 Å². The Morgan fingerprint density at radius 1 is 1.38 bits per heavy atom. The van der Waals surface area contributed by atoms with Crippen molar-refractivity contribution in [2.45, 2.75) is 32.2 Å². The van der Waals surface area contributed by atoms with Crippen molar-refractivity contribution in [3.63, 3.8) is 0 Å². The van der Waals surface area contributed by atoms with Gasteiger partial charge in [0.05, 0.1) is 19.6 Å². The van der Waals surface area contributed by atoms with E-state index in [0.717, 1.165) is 13.1 Å². The fourth-order valence-corrected chi connectivity index (χ4v) is 2.83. The van der Waals surface area contributed by atoms with Gasteiger partial charge in [0.2, 0.25) is 0 Å². The zero-order valence-electron chi connectivity index (χ0n) is 14.8. The van der Waals surface area contributed by atoms with Gasteiger partial charge in [0.1, 0.15) is 0 Å². The van der Waals surface area contributed by atoms with Gasteiger partial charge in [-0.3, -0.25) is 9.79 Å². The van der Waals surface area contributed by atoms with Crippen LogP contribution in [0.25, 0.3) is 0 Å². The smallest absolute Gasteiger partial charge is 0.307 e. The first-order valence-corrected chi connectivity index (χ1v) is 8.53. The number of benzene rings is 1. The number of methoxy groups -OCH3 is 1. The summed E-state index contributed by atoms with van der Waals surface area (Å²) in [5.74, 6) is 0.447. The molecule has 132 valence electrons. The normalized spacial score (nSPS) is 16.0. The quantitative estimate of drug-likeness (QED) is 0.474. The zero-order chi connectivity index (χ0) is 17.4. The lowest BCUT2D eigenvalue weighted by Gasteiger charge is -2.22. The fraction of sp³-hybridized carbons (Fsp3) is 0.556. The summed E-state index contributed by atoms with van der Waals surface area (Å²) in [6.45, 7) is 4.88. The van der Waals surface area contributed by atoms with Crippen molar-refractivity contribution < 1.29 is 9.53 Å². The van der Waals surface area contributed by atoms with Crippen molar-refractivity contribution >= 4 is 17.6 Å². The Kier molecular flexibility index (Phi) is 6.90. The average Bonchev–Trinajstić information content (AvgIpc) is 3.15. The molecule has 6 nitrogen and oxygen atoms in total. The number of carbonyl (C=O) groups excluding carboxylic acids is 1. The topological polar surface area (TPSA) is 66.0 Å². The van der Waals surface area contributed by atoms with E-state index in [4.69, 9.17) is 0 Å². The zero-order valence-corrected chi connectivity index (χ0v) is 14.8. The molecule has 1 saturated heterocycles. The van der Waals surface area contributed by atoms with Crippen LogP contribution in [-0.4, -0.2) is 45.7 Å². The summed E-state index contributed by atoms with van der Waals surface area (Å²) in [6, 6.07) is 8.76. The lowest BCUT2D eigenvalue weighted by Crippen LogP contribution is -2.39. The Morgan fingerprint density at radius 2 is 2.12 bits per heavy atom. The molecule has 1 atom stereocenters. The van der Waals surface area contributed by atoms with Crippen molar-refractivity contribution in [2.24, 2.45) is 4.99 Å². The van der Waals surface area contributed by atoms with Crippen molar-refractivity contribution in [3.8, 4) is 0 Å². The van der Waals surface area contributed by atoms with Crippen LogP contribution in [0.2, 0.25) is 0 Å². The highest BCUT2D eigenvalue weighted by molar-refractivity contribution is 5.80. The van der Waals surface area contributed by atoms with E-state index < -0.39 is 0 Å². The molecule has 0 amide bonds. The van der Waals surface area contributed by atoms with Gasteiger partial charge in [0.25, 0.3) is 0 Å². The van der Waals surface area contributed by atoms with E-state index in [1.807, 2.05) is 0 Å². The van der Waals surface area contributed by atoms with Gasteiger partial charge >= 0.3 is 5.97 Å². The second-order valence-corrected chi connectivity index (χ2v) is 5.98. The monoisotopic (exact) mass is 332 g/mol. The summed E-state index contributed by atoms with van der Waals surface area (Å²) in [7, 11) is 3.12. The molecule has 24 heavy (non-hydrogen) atoms. The maximum atomic E-state index is 11.2. The highest BCUT2D eigenvalue weighted by Gasteiger charge is 2.14. The van der Waals surface area contributed by atoms with E-state index in [-0.39, 0.29) is 12.0 Å². The molecular weight excluding hydrogens is 304 g/mol. The number of nitrogens with zero attached hydrogens (tertiary/aromatic N) is 2. The molecule has 1 aliphatic heterocycles. The fourth-order valence-electron chi connectivity index (χ4n) is 2.83. The first-order chi connectivity index (χ1) is 11.6. The summed E-state index contributed by atoms with van der Waals surface area (Å²) >= 11 is 0. The number of guanidine groups is 1. The second kappa shape index (κ2) is 9.15. The maximum absolute atomic E-state index is 11.2. The van der Waals surface area contributed by atoms with Crippen LogP contribution < -0.4 is 15.5 Å². The lowest BCUT2D eigenvalue weighted by atomic mass is 10.1. The molecule has 2 N–H and O–H groups in total. The van der Waals surface area contributed by atoms with Crippen LogP contribution in [0.3, 0.4) is 0 Å². The molecule has 6 heteroatoms. The van der Waals surface area contributed by atoms with Crippen LogP contribution >= 0.6 is 0 Å². The molecule has 1 aromatic carbocycles. The first-order valence-electron chi connectivity index (χ1n) is 8.53. The molecule has 1 unspecified atom stereocenters. The van der Waals surface area contributed by atoms with Crippen molar-refractivity contribution in [2.75, 3.05) is 38.7 Å². The van der Waals surface area contributed by atoms with Gasteiger partial charge < -0.3 is 20.3 Å². The van der Waals surface area contributed by atoms with E-state index in [1.165, 1.54) is 31.2 Å². The standard InChI is InChI=1S/C18H28N4O2/c1-14(21-18(19-2)20-10-9-17(23)24-3)15-7-6-8-16(13-15)22-11-4-5-12-22/h6-8,13-14H,4-5,9-12H2,1-3H3,(H2,19,20,21). The Hall–Kier alpha value is -2.24. The number of hydrogen-bond donors (Lipinski definition) is 2. The average molecular weight is 332 g/mol. The third kappa shape index (κ3) is 5.15. The van der Waals surface area contributed by atoms with E-state index in [9.17, 15) is 4.79 Å². The molecule has 1 aliphatic rings. The molecule has 0 radical (unpaired) electrons. The van der Waals surface area contributed by atoms with Gasteiger partial charge in [-0.05, 0) is 37.5 Å². The molecule has 0 aliphatic carbocycles. The molecule has 1 fully saturated rings. The van der Waals surface area contributed by atoms with Crippen LogP contribution in [0.15, 0.2) is 29.3 Å². The highest BCUT2D eigenvalue weighted by Crippen LogP contribution is 2.23. The van der Waals surface area contributed by atoms with E-state index in [0.29, 0.717) is 18.9 Å². The molecular formula is C18H28N4O2. The minimum absolute atomic E-state index is 0.122. The molecule has 0 bridgehead atoms. The number of hydrogen-bond acceptors (Lipinski definition) is 4. The number of carbonyl (C=O) groups is 1. The molecule has 0 spiro atoms. The number of esters is 1. The molecule has 0 aromatic heterocycles. The number of aliphatic imine (C=N–C) groups is 1. The van der Waals surface area contributed by atoms with Crippen molar-refractivity contribution in [3.05, 3.63) is 29.8 Å². The van der Waals surface area contributed by atoms with Gasteiger partial charge in [0.15, 0.2) is 5.96 Å². The highest BCUT2D eigenvalue weighted by atomic mass is 16.5. The van der Waals surface area contributed by atoms with Crippen LogP contribution in [-0.2, 0) is 9.53 Å². The Labute approximate surface area is 144 Å². The largest absolute Gasteiger partial charge is 0.469 e. The Morgan fingerprint density at radius 3 is 2.79 bits per heavy atom. The lowest BCUT2D eigenvalue weighted by molar-refractivity contribution is -0.140. The molecule has 1 heterocycles. The summed E-state index contributed by atoms with van der Waals surface area (Å²) in [5, 5.41) is 6.49. The minimum atomic E-state index is -0.232. The predicted octanol–water partition coefficient (Wildman–Crippen LogP) is 2.08. The Balaban J connectivity index is 1.91. The van der Waals surface area contributed by atoms with Crippen LogP contribution in [0.4, 0.5) is 5.69 Å². The summed E-state index contributed by atoms with van der Waals surface area (Å²) in [4.78, 5) is 17.8. The minimum Gasteiger partial charge on any atom is -0.469 e. The third-order valence-electron chi connectivity index (χ3n) is 4.27. The van der Waals surface area contributed by atoms with Crippen LogP contribution in [0.1, 0.15) is 37.8 Å². The maximum Gasteiger partial charge on any atom is 0.307 e. The van der Waals surface area contributed by atoms with Crippen LogP contribution in [0.5, 0.6) is 0 Å². The summed E-state index contributed by atoms with van der Waals surface area (Å²) in [6.07, 6.45) is 2.86. The Bertz CT molecular complexity index is 568. The molecule has 0 saturated carbocycles. The number of ether oxygens (including phenoxy) is 1. The van der Waals surface area contributed by atoms with Gasteiger partial charge in [0, 0.05) is 32.4 Å². The SMILES string of the molecule is CN=C(NCCC(=O)OC)NC(C)c1cccc(N2CCCC2)c1. The van der Waals surface area contributed by atoms with Crippen molar-refractivity contribution in [1.82, 2.24) is 10.6 Å². The van der Waals surface area contributed by atoms with E-state index in [1.54, 1.807) is 7.05 Å². The van der Waals surface area contributed by atoms with Crippen molar-refractivity contribution in [1.29, 1.82) is 0 Å². The second-order valence-electron chi connectivity index (χ2n) is 5.98. The summed E-state index contributed by atoms with van der Waals surface area (Å²) in [5.41, 5.74) is 2.50. The first kappa shape index (κ1) is 18.1. The van der Waals surface area contributed by atoms with Crippen LogP contribution in [0, 0.1) is 0 Å². The van der Waals surface area contributed by atoms with E-state index >= 15 is 0 Å². The molecule has 1 aromatic rings. The summed E-state index contributed by atoms with van der Waals surface area (Å²) < 4.78 is 4.63. The van der Waals surface area contributed by atoms with Gasteiger partial charge in [-0.25, -0.2) is 0 Å². The number of anilines is 1. The third-order valence-corrected chi connectivity index (χ3v) is 4.27.